The van der Waals surface area contributed by atoms with Gasteiger partial charge < -0.3 is 20.9 Å². The number of nitrogens with one attached hydrogen (secondary N) is 3. The number of carbonyl (C=O) groups is 2. The maximum atomic E-state index is 12.9. The minimum atomic E-state index is -0.295. The Morgan fingerprint density at radius 3 is 2.48 bits per heavy atom. The Kier molecular flexibility index (Phi) is 7.11. The number of benzene rings is 2. The summed E-state index contributed by atoms with van der Waals surface area (Å²) in [5.41, 5.74) is 3.17. The predicted molar refractivity (Wildman–Crippen MR) is 117 cm³/mol. The first-order chi connectivity index (χ1) is 14.1. The summed E-state index contributed by atoms with van der Waals surface area (Å²) < 4.78 is 0. The van der Waals surface area contributed by atoms with E-state index < -0.39 is 0 Å². The molecule has 6 nitrogen and oxygen atoms in total. The first-order valence-electron chi connectivity index (χ1n) is 10.4. The molecule has 1 saturated heterocycles. The van der Waals surface area contributed by atoms with Crippen LogP contribution in [0.5, 0.6) is 0 Å². The third-order valence-electron chi connectivity index (χ3n) is 5.23. The van der Waals surface area contributed by atoms with E-state index in [0.29, 0.717) is 17.8 Å². The highest BCUT2D eigenvalue weighted by Crippen LogP contribution is 2.27. The molecule has 6 heteroatoms. The van der Waals surface area contributed by atoms with Crippen LogP contribution in [0.1, 0.15) is 49.0 Å². The predicted octanol–water partition coefficient (Wildman–Crippen LogP) is 4.14. The monoisotopic (exact) mass is 394 g/mol. The van der Waals surface area contributed by atoms with Crippen molar-refractivity contribution in [3.8, 4) is 0 Å². The van der Waals surface area contributed by atoms with E-state index in [2.05, 4.69) is 20.9 Å². The molecule has 0 aliphatic carbocycles. The summed E-state index contributed by atoms with van der Waals surface area (Å²) in [6.45, 7) is 6.38. The molecule has 0 saturated carbocycles. The summed E-state index contributed by atoms with van der Waals surface area (Å²) in [7, 11) is 0. The molecule has 154 valence electrons. The highest BCUT2D eigenvalue weighted by Gasteiger charge is 2.21. The Morgan fingerprint density at radius 1 is 1.07 bits per heavy atom. The Bertz CT molecular complexity index is 832. The zero-order chi connectivity index (χ0) is 20.6. The number of urea groups is 1. The SMILES string of the molecule is CCC(C)NC(=O)c1cc(NC(=O)NCc2ccccc2)ccc1N1CCCC1. The third-order valence-corrected chi connectivity index (χ3v) is 5.23. The molecule has 0 radical (unpaired) electrons. The second kappa shape index (κ2) is 9.96. The second-order valence-corrected chi connectivity index (χ2v) is 7.50. The maximum Gasteiger partial charge on any atom is 0.319 e. The smallest absolute Gasteiger partial charge is 0.319 e. The van der Waals surface area contributed by atoms with E-state index in [1.54, 1.807) is 6.07 Å². The van der Waals surface area contributed by atoms with Gasteiger partial charge in [-0.1, -0.05) is 37.3 Å². The second-order valence-electron chi connectivity index (χ2n) is 7.50. The maximum absolute atomic E-state index is 12.9. The van der Waals surface area contributed by atoms with E-state index in [-0.39, 0.29) is 18.0 Å². The van der Waals surface area contributed by atoms with Crippen LogP contribution in [0.2, 0.25) is 0 Å². The highest BCUT2D eigenvalue weighted by atomic mass is 16.2. The van der Waals surface area contributed by atoms with E-state index in [9.17, 15) is 9.59 Å². The van der Waals surface area contributed by atoms with E-state index in [1.165, 1.54) is 0 Å². The van der Waals surface area contributed by atoms with E-state index in [0.717, 1.165) is 43.6 Å². The summed E-state index contributed by atoms with van der Waals surface area (Å²) in [5.74, 6) is -0.102. The first-order valence-corrected chi connectivity index (χ1v) is 10.4. The number of amides is 3. The molecule has 29 heavy (non-hydrogen) atoms. The van der Waals surface area contributed by atoms with Crippen molar-refractivity contribution in [3.05, 3.63) is 59.7 Å². The minimum absolute atomic E-state index is 0.0970. The number of hydrogen-bond donors (Lipinski definition) is 3. The molecule has 2 aromatic rings. The number of carbonyl (C=O) groups excluding carboxylic acids is 2. The van der Waals surface area contributed by atoms with Crippen LogP contribution in [-0.2, 0) is 6.54 Å². The van der Waals surface area contributed by atoms with Crippen LogP contribution in [0.25, 0.3) is 0 Å². The minimum Gasteiger partial charge on any atom is -0.371 e. The van der Waals surface area contributed by atoms with Gasteiger partial charge in [0.15, 0.2) is 0 Å². The summed E-state index contributed by atoms with van der Waals surface area (Å²) in [6, 6.07) is 15.1. The fraction of sp³-hybridized carbons (Fsp3) is 0.391. The standard InChI is InChI=1S/C23H30N4O2/c1-3-17(2)25-22(28)20-15-19(11-12-21(20)27-13-7-8-14-27)26-23(29)24-16-18-9-5-4-6-10-18/h4-6,9-12,15,17H,3,7-8,13-14,16H2,1-2H3,(H,25,28)(H2,24,26,29). The molecule has 3 rings (SSSR count). The highest BCUT2D eigenvalue weighted by molar-refractivity contribution is 6.02. The van der Waals surface area contributed by atoms with Gasteiger partial charge in [-0.2, -0.15) is 0 Å². The van der Waals surface area contributed by atoms with Gasteiger partial charge in [0.25, 0.3) is 5.91 Å². The van der Waals surface area contributed by atoms with E-state index >= 15 is 0 Å². The number of hydrogen-bond acceptors (Lipinski definition) is 3. The molecule has 3 amide bonds. The molecule has 3 N–H and O–H groups in total. The van der Waals surface area contributed by atoms with Crippen LogP contribution in [0.15, 0.2) is 48.5 Å². The van der Waals surface area contributed by atoms with E-state index in [1.807, 2.05) is 56.3 Å². The van der Waals surface area contributed by atoms with Gasteiger partial charge >= 0.3 is 6.03 Å². The molecule has 1 aliphatic rings. The molecule has 1 aliphatic heterocycles. The molecule has 1 fully saturated rings. The Labute approximate surface area is 172 Å². The molecule has 0 aromatic heterocycles. The van der Waals surface area contributed by atoms with Gasteiger partial charge in [0, 0.05) is 37.1 Å². The topological polar surface area (TPSA) is 73.5 Å². The molecule has 1 heterocycles. The molecule has 1 atom stereocenters. The lowest BCUT2D eigenvalue weighted by molar-refractivity contribution is 0.0939. The lowest BCUT2D eigenvalue weighted by Gasteiger charge is -2.23. The number of nitrogens with zero attached hydrogens (tertiary/aromatic N) is 1. The Hall–Kier alpha value is -3.02. The summed E-state index contributed by atoms with van der Waals surface area (Å²) >= 11 is 0. The van der Waals surface area contributed by atoms with Crippen molar-refractivity contribution in [3.63, 3.8) is 0 Å². The van der Waals surface area contributed by atoms with Crippen molar-refractivity contribution in [2.24, 2.45) is 0 Å². The number of rotatable bonds is 7. The van der Waals surface area contributed by atoms with Crippen molar-refractivity contribution < 1.29 is 9.59 Å². The van der Waals surface area contributed by atoms with Gasteiger partial charge in [-0.3, -0.25) is 4.79 Å². The Balaban J connectivity index is 1.72. The van der Waals surface area contributed by atoms with Gasteiger partial charge in [-0.05, 0) is 49.9 Å². The normalized spacial score (nSPS) is 14.3. The van der Waals surface area contributed by atoms with Crippen molar-refractivity contribution in [1.82, 2.24) is 10.6 Å². The largest absolute Gasteiger partial charge is 0.371 e. The lowest BCUT2D eigenvalue weighted by Crippen LogP contribution is -2.34. The van der Waals surface area contributed by atoms with Gasteiger partial charge in [0.1, 0.15) is 0 Å². The van der Waals surface area contributed by atoms with Gasteiger partial charge in [0.2, 0.25) is 0 Å². The van der Waals surface area contributed by atoms with Crippen molar-refractivity contribution >= 4 is 23.3 Å². The zero-order valence-corrected chi connectivity index (χ0v) is 17.2. The molecule has 0 bridgehead atoms. The third kappa shape index (κ3) is 5.73. The van der Waals surface area contributed by atoms with Crippen molar-refractivity contribution in [2.45, 2.75) is 45.7 Å². The quantitative estimate of drug-likeness (QED) is 0.661. The summed E-state index contributed by atoms with van der Waals surface area (Å²) in [4.78, 5) is 27.4. The fourth-order valence-electron chi connectivity index (χ4n) is 3.39. The molecular weight excluding hydrogens is 364 g/mol. The lowest BCUT2D eigenvalue weighted by atomic mass is 10.1. The zero-order valence-electron chi connectivity index (χ0n) is 17.2. The van der Waals surface area contributed by atoms with E-state index in [4.69, 9.17) is 0 Å². The van der Waals surface area contributed by atoms with Crippen LogP contribution >= 0.6 is 0 Å². The molecular formula is C23H30N4O2. The fourth-order valence-corrected chi connectivity index (χ4v) is 3.39. The summed E-state index contributed by atoms with van der Waals surface area (Å²) in [6.07, 6.45) is 3.13. The number of anilines is 2. The molecule has 1 unspecified atom stereocenters. The van der Waals surface area contributed by atoms with Crippen LogP contribution < -0.4 is 20.9 Å². The van der Waals surface area contributed by atoms with Crippen LogP contribution in [0, 0.1) is 0 Å². The molecule has 0 spiro atoms. The van der Waals surface area contributed by atoms with Crippen LogP contribution in [-0.4, -0.2) is 31.1 Å². The Morgan fingerprint density at radius 2 is 1.79 bits per heavy atom. The average Bonchev–Trinajstić information content (AvgIpc) is 3.27. The summed E-state index contributed by atoms with van der Waals surface area (Å²) in [5, 5.41) is 8.73. The van der Waals surface area contributed by atoms with Gasteiger partial charge in [0.05, 0.1) is 5.56 Å². The van der Waals surface area contributed by atoms with Gasteiger partial charge in [-0.25, -0.2) is 4.79 Å². The van der Waals surface area contributed by atoms with Crippen LogP contribution in [0.3, 0.4) is 0 Å². The van der Waals surface area contributed by atoms with Crippen molar-refractivity contribution in [2.75, 3.05) is 23.3 Å². The van der Waals surface area contributed by atoms with Gasteiger partial charge in [-0.15, -0.1) is 0 Å². The van der Waals surface area contributed by atoms with Crippen molar-refractivity contribution in [1.29, 1.82) is 0 Å². The molecule has 2 aromatic carbocycles. The van der Waals surface area contributed by atoms with Crippen LogP contribution in [0.4, 0.5) is 16.2 Å². The first kappa shape index (κ1) is 20.7. The average molecular weight is 395 g/mol.